The van der Waals surface area contributed by atoms with Gasteiger partial charge in [0.1, 0.15) is 6.10 Å². The van der Waals surface area contributed by atoms with Gasteiger partial charge in [-0.2, -0.15) is 0 Å². The number of nitrogens with zero attached hydrogens (tertiary/aromatic N) is 4. The summed E-state index contributed by atoms with van der Waals surface area (Å²) in [6, 6.07) is 5.20. The molecule has 0 aromatic carbocycles. The Morgan fingerprint density at radius 2 is 2.50 bits per heavy atom. The van der Waals surface area contributed by atoms with Crippen LogP contribution in [0.4, 0.5) is 0 Å². The Labute approximate surface area is 69.3 Å². The first-order valence-electron chi connectivity index (χ1n) is 3.44. The van der Waals surface area contributed by atoms with Gasteiger partial charge in [-0.25, -0.2) is 0 Å². The van der Waals surface area contributed by atoms with Crippen LogP contribution in [-0.4, -0.2) is 16.6 Å². The van der Waals surface area contributed by atoms with Crippen molar-refractivity contribution in [3.05, 3.63) is 40.5 Å². The summed E-state index contributed by atoms with van der Waals surface area (Å²) in [7, 11) is 0. The zero-order chi connectivity index (χ0) is 8.81. The minimum absolute atomic E-state index is 0.0213. The second-order valence-corrected chi connectivity index (χ2v) is 2.18. The standard InChI is InChI=1S/C7H8N4O/c8-11-10-5-7(12)6-3-1-2-4-9-6/h1-4,7,12H,5H2. The van der Waals surface area contributed by atoms with Crippen molar-refractivity contribution >= 4 is 0 Å². The summed E-state index contributed by atoms with van der Waals surface area (Å²) in [6.45, 7) is 0.0213. The van der Waals surface area contributed by atoms with Crippen molar-refractivity contribution in [3.8, 4) is 0 Å². The summed E-state index contributed by atoms with van der Waals surface area (Å²) in [4.78, 5) is 6.44. The van der Waals surface area contributed by atoms with E-state index in [0.29, 0.717) is 5.69 Å². The van der Waals surface area contributed by atoms with Crippen LogP contribution in [0.3, 0.4) is 0 Å². The molecule has 0 spiro atoms. The molecule has 5 nitrogen and oxygen atoms in total. The summed E-state index contributed by atoms with van der Waals surface area (Å²) < 4.78 is 0. The van der Waals surface area contributed by atoms with Gasteiger partial charge in [-0.05, 0) is 17.7 Å². The second kappa shape index (κ2) is 4.33. The zero-order valence-corrected chi connectivity index (χ0v) is 6.33. The number of aliphatic hydroxyl groups is 1. The van der Waals surface area contributed by atoms with E-state index >= 15 is 0 Å². The molecule has 62 valence electrons. The molecular formula is C7H8N4O. The van der Waals surface area contributed by atoms with Gasteiger partial charge >= 0.3 is 0 Å². The molecule has 1 rings (SSSR count). The maximum absolute atomic E-state index is 9.32. The predicted molar refractivity (Wildman–Crippen MR) is 43.2 cm³/mol. The van der Waals surface area contributed by atoms with Gasteiger partial charge in [0.15, 0.2) is 0 Å². The highest BCUT2D eigenvalue weighted by atomic mass is 16.3. The van der Waals surface area contributed by atoms with Crippen molar-refractivity contribution in [2.24, 2.45) is 5.11 Å². The molecule has 1 unspecified atom stereocenters. The smallest absolute Gasteiger partial charge is 0.102 e. The number of rotatable bonds is 3. The SMILES string of the molecule is [N-]=[N+]=NCC(O)c1ccccn1. The van der Waals surface area contributed by atoms with Crippen molar-refractivity contribution < 1.29 is 5.11 Å². The average molecular weight is 164 g/mol. The molecule has 0 aliphatic rings. The molecule has 12 heavy (non-hydrogen) atoms. The highest BCUT2D eigenvalue weighted by Gasteiger charge is 2.05. The summed E-state index contributed by atoms with van der Waals surface area (Å²) in [5.41, 5.74) is 8.51. The van der Waals surface area contributed by atoms with Gasteiger partial charge in [0, 0.05) is 11.1 Å². The Balaban J connectivity index is 2.65. The van der Waals surface area contributed by atoms with E-state index < -0.39 is 6.10 Å². The highest BCUT2D eigenvalue weighted by molar-refractivity contribution is 5.06. The van der Waals surface area contributed by atoms with Crippen LogP contribution in [-0.2, 0) is 0 Å². The van der Waals surface area contributed by atoms with Crippen molar-refractivity contribution in [2.45, 2.75) is 6.10 Å². The first kappa shape index (κ1) is 8.52. The Morgan fingerprint density at radius 1 is 1.67 bits per heavy atom. The average Bonchev–Trinajstić information content (AvgIpc) is 2.15. The van der Waals surface area contributed by atoms with Crippen molar-refractivity contribution in [1.29, 1.82) is 0 Å². The molecule has 0 saturated heterocycles. The number of hydrogen-bond acceptors (Lipinski definition) is 3. The fourth-order valence-electron chi connectivity index (χ4n) is 0.780. The molecular weight excluding hydrogens is 156 g/mol. The maximum atomic E-state index is 9.32. The van der Waals surface area contributed by atoms with Crippen molar-refractivity contribution in [2.75, 3.05) is 6.54 Å². The molecule has 1 atom stereocenters. The number of azide groups is 1. The third-order valence-electron chi connectivity index (χ3n) is 1.35. The third kappa shape index (κ3) is 2.23. The Kier molecular flexibility index (Phi) is 3.07. The summed E-state index contributed by atoms with van der Waals surface area (Å²) in [6.07, 6.45) is 0.774. The second-order valence-electron chi connectivity index (χ2n) is 2.18. The van der Waals surface area contributed by atoms with E-state index in [1.54, 1.807) is 24.4 Å². The lowest BCUT2D eigenvalue weighted by Gasteiger charge is -2.04. The molecule has 5 heteroatoms. The lowest BCUT2D eigenvalue weighted by Crippen LogP contribution is -2.02. The molecule has 0 bridgehead atoms. The number of aromatic nitrogens is 1. The van der Waals surface area contributed by atoms with Crippen LogP contribution >= 0.6 is 0 Å². The minimum Gasteiger partial charge on any atom is -0.387 e. The predicted octanol–water partition coefficient (Wildman–Crippen LogP) is 1.43. The summed E-state index contributed by atoms with van der Waals surface area (Å²) in [5.74, 6) is 0. The maximum Gasteiger partial charge on any atom is 0.102 e. The van der Waals surface area contributed by atoms with E-state index in [4.69, 9.17) is 5.53 Å². The third-order valence-corrected chi connectivity index (χ3v) is 1.35. The van der Waals surface area contributed by atoms with E-state index in [0.717, 1.165) is 0 Å². The van der Waals surface area contributed by atoms with Gasteiger partial charge in [-0.3, -0.25) is 4.98 Å². The lowest BCUT2D eigenvalue weighted by molar-refractivity contribution is 0.182. The van der Waals surface area contributed by atoms with Crippen LogP contribution in [0.1, 0.15) is 11.8 Å². The largest absolute Gasteiger partial charge is 0.387 e. The number of pyridine rings is 1. The van der Waals surface area contributed by atoms with Gasteiger partial charge in [0.2, 0.25) is 0 Å². The first-order valence-corrected chi connectivity index (χ1v) is 3.44. The highest BCUT2D eigenvalue weighted by Crippen LogP contribution is 2.08. The van der Waals surface area contributed by atoms with E-state index in [1.807, 2.05) is 0 Å². The monoisotopic (exact) mass is 164 g/mol. The fourth-order valence-corrected chi connectivity index (χ4v) is 0.780. The Bertz CT molecular complexity index is 281. The molecule has 0 aliphatic heterocycles. The van der Waals surface area contributed by atoms with Gasteiger partial charge in [0.25, 0.3) is 0 Å². The quantitative estimate of drug-likeness (QED) is 0.416. The van der Waals surface area contributed by atoms with E-state index in [9.17, 15) is 5.11 Å². The normalized spacial score (nSPS) is 11.8. The molecule has 1 aromatic rings. The topological polar surface area (TPSA) is 81.9 Å². The number of aliphatic hydroxyl groups excluding tert-OH is 1. The van der Waals surface area contributed by atoms with Crippen LogP contribution in [0, 0.1) is 0 Å². The molecule has 1 heterocycles. The van der Waals surface area contributed by atoms with Crippen molar-refractivity contribution in [3.63, 3.8) is 0 Å². The first-order chi connectivity index (χ1) is 5.84. The van der Waals surface area contributed by atoms with Crippen LogP contribution < -0.4 is 0 Å². The zero-order valence-electron chi connectivity index (χ0n) is 6.33. The Hall–Kier alpha value is -1.58. The minimum atomic E-state index is -0.804. The van der Waals surface area contributed by atoms with E-state index in [1.165, 1.54) is 0 Å². The van der Waals surface area contributed by atoms with Gasteiger partial charge < -0.3 is 5.11 Å². The lowest BCUT2D eigenvalue weighted by atomic mass is 10.2. The van der Waals surface area contributed by atoms with Crippen molar-refractivity contribution in [1.82, 2.24) is 4.98 Å². The van der Waals surface area contributed by atoms with Crippen LogP contribution in [0.25, 0.3) is 10.4 Å². The molecule has 1 N–H and O–H groups in total. The van der Waals surface area contributed by atoms with E-state index in [2.05, 4.69) is 15.0 Å². The summed E-state index contributed by atoms with van der Waals surface area (Å²) in [5, 5.41) is 12.6. The van der Waals surface area contributed by atoms with E-state index in [-0.39, 0.29) is 6.54 Å². The molecule has 0 fully saturated rings. The van der Waals surface area contributed by atoms with Gasteiger partial charge in [-0.15, -0.1) is 0 Å². The molecule has 0 saturated carbocycles. The van der Waals surface area contributed by atoms with Crippen LogP contribution in [0.15, 0.2) is 29.5 Å². The summed E-state index contributed by atoms with van der Waals surface area (Å²) >= 11 is 0. The van der Waals surface area contributed by atoms with Gasteiger partial charge in [0.05, 0.1) is 12.2 Å². The van der Waals surface area contributed by atoms with Crippen LogP contribution in [0.5, 0.6) is 0 Å². The van der Waals surface area contributed by atoms with Crippen LogP contribution in [0.2, 0.25) is 0 Å². The number of hydrogen-bond donors (Lipinski definition) is 1. The molecule has 0 radical (unpaired) electrons. The Morgan fingerprint density at radius 3 is 3.08 bits per heavy atom. The fraction of sp³-hybridized carbons (Fsp3) is 0.286. The molecule has 0 amide bonds. The molecule has 0 aliphatic carbocycles. The van der Waals surface area contributed by atoms with Gasteiger partial charge in [-0.1, -0.05) is 11.2 Å². The molecule has 1 aromatic heterocycles.